The van der Waals surface area contributed by atoms with Crippen LogP contribution in [0.4, 0.5) is 0 Å². The van der Waals surface area contributed by atoms with Crippen molar-refractivity contribution in [3.05, 3.63) is 0 Å². The molecule has 1 atom stereocenters. The molecule has 0 amide bonds. The molecule has 1 unspecified atom stereocenters. The first-order chi connectivity index (χ1) is 7.37. The summed E-state index contributed by atoms with van der Waals surface area (Å²) >= 11 is 0. The van der Waals surface area contributed by atoms with E-state index in [1.807, 2.05) is 0 Å². The topological polar surface area (TPSA) is 29.3 Å². The van der Waals surface area contributed by atoms with E-state index >= 15 is 0 Å². The fourth-order valence-corrected chi connectivity index (χ4v) is 2.97. The second-order valence-electron chi connectivity index (χ2n) is 6.61. The smallest absolute Gasteiger partial charge is 0.0241 e. The van der Waals surface area contributed by atoms with E-state index in [9.17, 15) is 0 Å². The van der Waals surface area contributed by atoms with Gasteiger partial charge in [-0.2, -0.15) is 0 Å². The van der Waals surface area contributed by atoms with E-state index in [-0.39, 0.29) is 0 Å². The Labute approximate surface area is 102 Å². The Balaban J connectivity index is 2.52. The molecule has 0 spiro atoms. The lowest BCUT2D eigenvalue weighted by Gasteiger charge is -2.42. The van der Waals surface area contributed by atoms with E-state index in [0.29, 0.717) is 17.4 Å². The standard InChI is InChI=1S/C14H30N2/c1-11(2)13(10-15)16(5)12-6-8-14(3,4)9-7-12/h11-13H,6-10,15H2,1-5H3. The molecule has 96 valence electrons. The van der Waals surface area contributed by atoms with Crippen molar-refractivity contribution in [3.8, 4) is 0 Å². The summed E-state index contributed by atoms with van der Waals surface area (Å²) < 4.78 is 0. The normalized spacial score (nSPS) is 24.0. The van der Waals surface area contributed by atoms with Crippen molar-refractivity contribution in [1.82, 2.24) is 4.90 Å². The molecule has 16 heavy (non-hydrogen) atoms. The van der Waals surface area contributed by atoms with Crippen LogP contribution in [-0.4, -0.2) is 30.6 Å². The van der Waals surface area contributed by atoms with Gasteiger partial charge >= 0.3 is 0 Å². The molecule has 0 heterocycles. The number of nitrogens with two attached hydrogens (primary N) is 1. The predicted molar refractivity (Wildman–Crippen MR) is 71.5 cm³/mol. The minimum absolute atomic E-state index is 0.547. The summed E-state index contributed by atoms with van der Waals surface area (Å²) in [7, 11) is 2.26. The first-order valence-electron chi connectivity index (χ1n) is 6.79. The third kappa shape index (κ3) is 3.46. The Morgan fingerprint density at radius 2 is 1.75 bits per heavy atom. The highest BCUT2D eigenvalue weighted by molar-refractivity contribution is 4.86. The second-order valence-corrected chi connectivity index (χ2v) is 6.61. The van der Waals surface area contributed by atoms with Crippen molar-refractivity contribution in [2.75, 3.05) is 13.6 Å². The molecule has 0 bridgehead atoms. The van der Waals surface area contributed by atoms with Gasteiger partial charge < -0.3 is 5.73 Å². The van der Waals surface area contributed by atoms with E-state index in [0.717, 1.165) is 12.6 Å². The molecule has 0 radical (unpaired) electrons. The molecule has 1 aliphatic carbocycles. The molecule has 0 aromatic heterocycles. The Hall–Kier alpha value is -0.0800. The number of hydrogen-bond donors (Lipinski definition) is 1. The number of rotatable bonds is 4. The molecule has 0 aliphatic heterocycles. The van der Waals surface area contributed by atoms with Crippen LogP contribution in [0.2, 0.25) is 0 Å². The summed E-state index contributed by atoms with van der Waals surface area (Å²) in [6.45, 7) is 10.1. The van der Waals surface area contributed by atoms with Gasteiger partial charge in [0.05, 0.1) is 0 Å². The molecular weight excluding hydrogens is 196 g/mol. The number of hydrogen-bond acceptors (Lipinski definition) is 2. The fraction of sp³-hybridized carbons (Fsp3) is 1.00. The molecule has 2 N–H and O–H groups in total. The van der Waals surface area contributed by atoms with Crippen LogP contribution in [0.25, 0.3) is 0 Å². The van der Waals surface area contributed by atoms with Crippen LogP contribution in [0.15, 0.2) is 0 Å². The maximum Gasteiger partial charge on any atom is 0.0241 e. The van der Waals surface area contributed by atoms with E-state index in [1.54, 1.807) is 0 Å². The Morgan fingerprint density at radius 1 is 1.25 bits per heavy atom. The molecule has 1 fully saturated rings. The first-order valence-corrected chi connectivity index (χ1v) is 6.79. The van der Waals surface area contributed by atoms with Crippen LogP contribution in [-0.2, 0) is 0 Å². The van der Waals surface area contributed by atoms with Gasteiger partial charge in [-0.25, -0.2) is 0 Å². The van der Waals surface area contributed by atoms with Crippen LogP contribution >= 0.6 is 0 Å². The van der Waals surface area contributed by atoms with E-state index in [1.165, 1.54) is 25.7 Å². The highest BCUT2D eigenvalue weighted by Gasteiger charge is 2.31. The third-order valence-corrected chi connectivity index (χ3v) is 4.42. The van der Waals surface area contributed by atoms with Crippen molar-refractivity contribution in [2.24, 2.45) is 17.1 Å². The van der Waals surface area contributed by atoms with Gasteiger partial charge in [0.25, 0.3) is 0 Å². The van der Waals surface area contributed by atoms with Gasteiger partial charge in [0.2, 0.25) is 0 Å². The molecule has 1 saturated carbocycles. The third-order valence-electron chi connectivity index (χ3n) is 4.42. The minimum atomic E-state index is 0.547. The summed E-state index contributed by atoms with van der Waals surface area (Å²) in [6.07, 6.45) is 5.40. The van der Waals surface area contributed by atoms with Gasteiger partial charge in [-0.1, -0.05) is 27.7 Å². The lowest BCUT2D eigenvalue weighted by molar-refractivity contribution is 0.0790. The molecule has 0 aromatic carbocycles. The van der Waals surface area contributed by atoms with Crippen LogP contribution in [0.5, 0.6) is 0 Å². The van der Waals surface area contributed by atoms with Gasteiger partial charge in [0.15, 0.2) is 0 Å². The van der Waals surface area contributed by atoms with Crippen LogP contribution in [0.3, 0.4) is 0 Å². The number of likely N-dealkylation sites (N-methyl/N-ethyl adjacent to an activating group) is 1. The van der Waals surface area contributed by atoms with Crippen LogP contribution in [0.1, 0.15) is 53.4 Å². The van der Waals surface area contributed by atoms with Gasteiger partial charge in [-0.15, -0.1) is 0 Å². The zero-order chi connectivity index (χ0) is 12.3. The summed E-state index contributed by atoms with van der Waals surface area (Å²) in [6, 6.07) is 1.30. The highest BCUT2D eigenvalue weighted by atomic mass is 15.2. The maximum absolute atomic E-state index is 5.89. The van der Waals surface area contributed by atoms with Gasteiger partial charge in [-0.05, 0) is 44.1 Å². The monoisotopic (exact) mass is 226 g/mol. The SMILES string of the molecule is CC(C)C(CN)N(C)C1CCC(C)(C)CC1. The average Bonchev–Trinajstić information content (AvgIpc) is 2.17. The maximum atomic E-state index is 5.89. The predicted octanol–water partition coefficient (Wildman–Crippen LogP) is 2.87. The first kappa shape index (κ1) is 14.0. The van der Waals surface area contributed by atoms with Crippen LogP contribution in [0, 0.1) is 11.3 Å². The van der Waals surface area contributed by atoms with Crippen LogP contribution < -0.4 is 5.73 Å². The molecule has 2 nitrogen and oxygen atoms in total. The quantitative estimate of drug-likeness (QED) is 0.798. The van der Waals surface area contributed by atoms with Gasteiger partial charge in [-0.3, -0.25) is 4.90 Å². The van der Waals surface area contributed by atoms with Crippen molar-refractivity contribution in [3.63, 3.8) is 0 Å². The molecular formula is C14H30N2. The second kappa shape index (κ2) is 5.50. The summed E-state index contributed by atoms with van der Waals surface area (Å²) in [5.41, 5.74) is 6.46. The molecule has 0 aromatic rings. The van der Waals surface area contributed by atoms with Crippen molar-refractivity contribution in [1.29, 1.82) is 0 Å². The van der Waals surface area contributed by atoms with E-state index < -0.39 is 0 Å². The Morgan fingerprint density at radius 3 is 2.12 bits per heavy atom. The lowest BCUT2D eigenvalue weighted by atomic mass is 9.75. The summed E-state index contributed by atoms with van der Waals surface area (Å²) in [4.78, 5) is 2.54. The van der Waals surface area contributed by atoms with E-state index in [4.69, 9.17) is 5.73 Å². The largest absolute Gasteiger partial charge is 0.329 e. The Kier molecular flexibility index (Phi) is 4.81. The van der Waals surface area contributed by atoms with Crippen molar-refractivity contribution >= 4 is 0 Å². The zero-order valence-electron chi connectivity index (χ0n) is 11.8. The van der Waals surface area contributed by atoms with E-state index in [2.05, 4.69) is 39.6 Å². The summed E-state index contributed by atoms with van der Waals surface area (Å²) in [5, 5.41) is 0. The Bertz CT molecular complexity index is 201. The minimum Gasteiger partial charge on any atom is -0.329 e. The number of nitrogens with zero attached hydrogens (tertiary/aromatic N) is 1. The van der Waals surface area contributed by atoms with Gasteiger partial charge in [0, 0.05) is 18.6 Å². The molecule has 0 saturated heterocycles. The fourth-order valence-electron chi connectivity index (χ4n) is 2.97. The van der Waals surface area contributed by atoms with Crippen molar-refractivity contribution < 1.29 is 0 Å². The molecule has 2 heteroatoms. The average molecular weight is 226 g/mol. The van der Waals surface area contributed by atoms with Gasteiger partial charge in [0.1, 0.15) is 0 Å². The molecule has 1 aliphatic rings. The zero-order valence-corrected chi connectivity index (χ0v) is 11.8. The van der Waals surface area contributed by atoms with Crippen molar-refractivity contribution in [2.45, 2.75) is 65.5 Å². The lowest BCUT2D eigenvalue weighted by Crippen LogP contribution is -2.48. The highest BCUT2D eigenvalue weighted by Crippen LogP contribution is 2.37. The molecule has 1 rings (SSSR count). The summed E-state index contributed by atoms with van der Waals surface area (Å²) in [5.74, 6) is 0.657.